The zero-order valence-corrected chi connectivity index (χ0v) is 29.3. The van der Waals surface area contributed by atoms with Crippen molar-refractivity contribution in [3.05, 3.63) is 200 Å². The molecular formula is C49H33N5. The molecule has 0 aliphatic heterocycles. The van der Waals surface area contributed by atoms with E-state index in [0.717, 1.165) is 67.0 Å². The average Bonchev–Trinajstić information content (AvgIpc) is 3.27. The molecule has 0 aliphatic carbocycles. The van der Waals surface area contributed by atoms with Crippen LogP contribution in [0.1, 0.15) is 0 Å². The van der Waals surface area contributed by atoms with Gasteiger partial charge in [0.15, 0.2) is 23.3 Å². The van der Waals surface area contributed by atoms with Gasteiger partial charge in [0.1, 0.15) is 0 Å². The first-order valence-electron chi connectivity index (χ1n) is 17.9. The monoisotopic (exact) mass is 691 g/mol. The van der Waals surface area contributed by atoms with Gasteiger partial charge in [0.05, 0.1) is 11.4 Å². The largest absolute Gasteiger partial charge is 0.228 e. The van der Waals surface area contributed by atoms with Crippen molar-refractivity contribution in [1.29, 1.82) is 0 Å². The van der Waals surface area contributed by atoms with Crippen LogP contribution in [-0.2, 0) is 0 Å². The van der Waals surface area contributed by atoms with E-state index in [1.165, 1.54) is 0 Å². The fourth-order valence-corrected chi connectivity index (χ4v) is 6.58. The lowest BCUT2D eigenvalue weighted by molar-refractivity contribution is 1.07. The number of hydrogen-bond donors (Lipinski definition) is 0. The van der Waals surface area contributed by atoms with Crippen LogP contribution in [0.3, 0.4) is 0 Å². The van der Waals surface area contributed by atoms with E-state index in [1.54, 1.807) is 0 Å². The van der Waals surface area contributed by atoms with E-state index in [9.17, 15) is 0 Å². The van der Waals surface area contributed by atoms with Crippen LogP contribution in [0.2, 0.25) is 0 Å². The van der Waals surface area contributed by atoms with Crippen molar-refractivity contribution in [3.8, 4) is 90.3 Å². The molecule has 5 nitrogen and oxygen atoms in total. The summed E-state index contributed by atoms with van der Waals surface area (Å²) < 4.78 is 0. The molecule has 2 aromatic heterocycles. The van der Waals surface area contributed by atoms with E-state index in [-0.39, 0.29) is 0 Å². The predicted molar refractivity (Wildman–Crippen MR) is 219 cm³/mol. The minimum atomic E-state index is 0.626. The van der Waals surface area contributed by atoms with Crippen molar-refractivity contribution >= 4 is 0 Å². The summed E-state index contributed by atoms with van der Waals surface area (Å²) in [4.78, 5) is 24.9. The van der Waals surface area contributed by atoms with Crippen molar-refractivity contribution in [2.75, 3.05) is 0 Å². The zero-order chi connectivity index (χ0) is 36.1. The lowest BCUT2D eigenvalue weighted by Gasteiger charge is -2.12. The van der Waals surface area contributed by atoms with Gasteiger partial charge in [-0.2, -0.15) is 0 Å². The molecule has 0 radical (unpaired) electrons. The normalized spacial score (nSPS) is 11.0. The summed E-state index contributed by atoms with van der Waals surface area (Å²) in [6, 6.07) is 68.2. The van der Waals surface area contributed by atoms with E-state index >= 15 is 0 Å². The second-order valence-electron chi connectivity index (χ2n) is 13.0. The molecule has 0 N–H and O–H groups in total. The summed E-state index contributed by atoms with van der Waals surface area (Å²) in [5, 5.41) is 0. The first-order chi connectivity index (χ1) is 26.7. The Morgan fingerprint density at radius 3 is 0.815 bits per heavy atom. The third-order valence-corrected chi connectivity index (χ3v) is 9.34. The van der Waals surface area contributed by atoms with E-state index in [2.05, 4.69) is 103 Å². The number of benzene rings is 7. The third kappa shape index (κ3) is 6.94. The second-order valence-corrected chi connectivity index (χ2v) is 13.0. The Hall–Kier alpha value is -7.37. The van der Waals surface area contributed by atoms with Gasteiger partial charge in [-0.25, -0.2) is 24.9 Å². The maximum Gasteiger partial charge on any atom is 0.164 e. The molecule has 0 fully saturated rings. The van der Waals surface area contributed by atoms with Crippen molar-refractivity contribution < 1.29 is 0 Å². The van der Waals surface area contributed by atoms with E-state index < -0.39 is 0 Å². The summed E-state index contributed by atoms with van der Waals surface area (Å²) in [6.07, 6.45) is 0. The van der Waals surface area contributed by atoms with E-state index in [0.29, 0.717) is 23.3 Å². The van der Waals surface area contributed by atoms with Crippen LogP contribution in [-0.4, -0.2) is 24.9 Å². The van der Waals surface area contributed by atoms with Crippen LogP contribution in [0.4, 0.5) is 0 Å². The minimum Gasteiger partial charge on any atom is -0.228 e. The van der Waals surface area contributed by atoms with Crippen LogP contribution in [0.5, 0.6) is 0 Å². The molecular weight excluding hydrogens is 659 g/mol. The molecule has 5 heteroatoms. The summed E-state index contributed by atoms with van der Waals surface area (Å²) in [7, 11) is 0. The molecule has 0 amide bonds. The second kappa shape index (κ2) is 14.7. The predicted octanol–water partition coefficient (Wildman–Crippen LogP) is 12.0. The van der Waals surface area contributed by atoms with Gasteiger partial charge in [-0.05, 0) is 46.5 Å². The van der Waals surface area contributed by atoms with Crippen LogP contribution >= 0.6 is 0 Å². The fraction of sp³-hybridized carbons (Fsp3) is 0. The van der Waals surface area contributed by atoms with E-state index in [1.807, 2.05) is 97.1 Å². The Bertz CT molecular complexity index is 2400. The van der Waals surface area contributed by atoms with Gasteiger partial charge in [-0.1, -0.05) is 176 Å². The number of aromatic nitrogens is 5. The molecule has 0 unspecified atom stereocenters. The SMILES string of the molecule is c1ccc(-c2cc(-c3ccccc3)nc(-c3cccc(-c4cccc(-c5cccc(-c6nc(-c7ccccc7)nc(-c7ccccc7)n6)c5)c4)c3)n2)cc1. The smallest absolute Gasteiger partial charge is 0.164 e. The summed E-state index contributed by atoms with van der Waals surface area (Å²) in [5.41, 5.74) is 12.0. The third-order valence-electron chi connectivity index (χ3n) is 9.34. The highest BCUT2D eigenvalue weighted by Gasteiger charge is 2.14. The van der Waals surface area contributed by atoms with Gasteiger partial charge in [0.25, 0.3) is 0 Å². The maximum atomic E-state index is 5.06. The standard InChI is InChI=1S/C49H33N5/c1-5-16-34(17-6-1)44-33-45(35-18-7-2-8-19-35)51-48(50-44)42-28-14-26-40(31-42)38-24-13-25-39(30-38)41-27-15-29-43(32-41)49-53-46(36-20-9-3-10-21-36)52-47(54-49)37-22-11-4-12-23-37/h1-33H. The number of nitrogens with zero attached hydrogens (tertiary/aromatic N) is 5. The maximum absolute atomic E-state index is 5.06. The summed E-state index contributed by atoms with van der Waals surface area (Å²) in [6.45, 7) is 0. The molecule has 254 valence electrons. The van der Waals surface area contributed by atoms with Gasteiger partial charge < -0.3 is 0 Å². The Labute approximate surface area is 314 Å². The molecule has 7 aromatic carbocycles. The van der Waals surface area contributed by atoms with E-state index in [4.69, 9.17) is 24.9 Å². The van der Waals surface area contributed by atoms with Gasteiger partial charge in [0.2, 0.25) is 0 Å². The van der Waals surface area contributed by atoms with Gasteiger partial charge in [-0.15, -0.1) is 0 Å². The van der Waals surface area contributed by atoms with Crippen molar-refractivity contribution in [2.24, 2.45) is 0 Å². The highest BCUT2D eigenvalue weighted by molar-refractivity contribution is 5.79. The number of hydrogen-bond acceptors (Lipinski definition) is 5. The molecule has 0 spiro atoms. The van der Waals surface area contributed by atoms with Gasteiger partial charge in [-0.3, -0.25) is 0 Å². The Morgan fingerprint density at radius 2 is 0.444 bits per heavy atom. The minimum absolute atomic E-state index is 0.626. The summed E-state index contributed by atoms with van der Waals surface area (Å²) >= 11 is 0. The number of rotatable bonds is 8. The molecule has 0 atom stereocenters. The van der Waals surface area contributed by atoms with Crippen LogP contribution in [0, 0.1) is 0 Å². The van der Waals surface area contributed by atoms with Crippen LogP contribution in [0.15, 0.2) is 200 Å². The fourth-order valence-electron chi connectivity index (χ4n) is 6.58. The molecule has 9 rings (SSSR count). The highest BCUT2D eigenvalue weighted by Crippen LogP contribution is 2.33. The van der Waals surface area contributed by atoms with Crippen molar-refractivity contribution in [2.45, 2.75) is 0 Å². The highest BCUT2D eigenvalue weighted by atomic mass is 15.0. The van der Waals surface area contributed by atoms with Crippen LogP contribution < -0.4 is 0 Å². The Balaban J connectivity index is 1.08. The van der Waals surface area contributed by atoms with Gasteiger partial charge in [0, 0.05) is 33.4 Å². The average molecular weight is 692 g/mol. The molecule has 54 heavy (non-hydrogen) atoms. The Morgan fingerprint density at radius 1 is 0.185 bits per heavy atom. The zero-order valence-electron chi connectivity index (χ0n) is 29.3. The lowest BCUT2D eigenvalue weighted by atomic mass is 9.97. The summed E-state index contributed by atoms with van der Waals surface area (Å²) in [5.74, 6) is 2.59. The first kappa shape index (κ1) is 32.5. The first-order valence-corrected chi connectivity index (χ1v) is 17.9. The van der Waals surface area contributed by atoms with Crippen molar-refractivity contribution in [3.63, 3.8) is 0 Å². The lowest BCUT2D eigenvalue weighted by Crippen LogP contribution is -2.00. The molecule has 0 saturated heterocycles. The van der Waals surface area contributed by atoms with Crippen LogP contribution in [0.25, 0.3) is 90.3 Å². The van der Waals surface area contributed by atoms with Crippen molar-refractivity contribution in [1.82, 2.24) is 24.9 Å². The molecule has 2 heterocycles. The topological polar surface area (TPSA) is 64.5 Å². The quantitative estimate of drug-likeness (QED) is 0.159. The van der Waals surface area contributed by atoms with Gasteiger partial charge >= 0.3 is 0 Å². The Kier molecular flexibility index (Phi) is 8.86. The molecule has 0 aliphatic rings. The molecule has 0 bridgehead atoms. The molecule has 9 aromatic rings. The molecule has 0 saturated carbocycles.